The number of halogens is 4. The summed E-state index contributed by atoms with van der Waals surface area (Å²) < 4.78 is 53.8. The molecule has 0 unspecified atom stereocenters. The Bertz CT molecular complexity index is 407. The number of alkyl halides is 4. The monoisotopic (exact) mass is 307 g/mol. The van der Waals surface area contributed by atoms with Gasteiger partial charge in [-0.3, -0.25) is 0 Å². The average molecular weight is 307 g/mol. The molecule has 0 saturated heterocycles. The minimum atomic E-state index is -4.09. The third-order valence-electron chi connectivity index (χ3n) is 2.87. The van der Waals surface area contributed by atoms with Gasteiger partial charge in [0.15, 0.2) is 0 Å². The molecule has 2 nitrogen and oxygen atoms in total. The summed E-state index contributed by atoms with van der Waals surface area (Å²) in [6.45, 7) is 3.61. The second-order valence-electron chi connectivity index (χ2n) is 5.23. The molecule has 0 bridgehead atoms. The lowest BCUT2D eigenvalue weighted by Gasteiger charge is -2.15. The van der Waals surface area contributed by atoms with Crippen LogP contribution in [0.3, 0.4) is 0 Å². The molecule has 0 atom stereocenters. The molecule has 1 aromatic carbocycles. The average Bonchev–Trinajstić information content (AvgIpc) is 2.40. The number of rotatable bonds is 9. The molecule has 0 aromatic heterocycles. The van der Waals surface area contributed by atoms with Gasteiger partial charge in [-0.2, -0.15) is 8.78 Å². The van der Waals surface area contributed by atoms with Gasteiger partial charge >= 0.3 is 12.3 Å². The third-order valence-corrected chi connectivity index (χ3v) is 2.87. The summed E-state index contributed by atoms with van der Waals surface area (Å²) in [4.78, 5) is 0. The van der Waals surface area contributed by atoms with E-state index in [9.17, 15) is 17.6 Å². The maximum atomic E-state index is 12.6. The fourth-order valence-electron chi connectivity index (χ4n) is 1.68. The molecule has 0 spiro atoms. The van der Waals surface area contributed by atoms with Crippen molar-refractivity contribution in [3.05, 3.63) is 35.4 Å². The van der Waals surface area contributed by atoms with Crippen LogP contribution in [0.4, 0.5) is 17.6 Å². The predicted octanol–water partition coefficient (Wildman–Crippen LogP) is 3.64. The standard InChI is InChI=1S/C15H21F4NO/c1-11(2)20-8-7-12-3-5-13(6-4-12)9-21-10-15(18,19)14(16)17/h3-6,11,14,20H,7-10H2,1-2H3. The summed E-state index contributed by atoms with van der Waals surface area (Å²) in [5.41, 5.74) is 1.80. The van der Waals surface area contributed by atoms with Crippen LogP contribution < -0.4 is 5.32 Å². The Labute approximate surface area is 122 Å². The highest BCUT2D eigenvalue weighted by atomic mass is 19.3. The molecule has 0 aliphatic rings. The quantitative estimate of drug-likeness (QED) is 0.703. The highest BCUT2D eigenvalue weighted by Crippen LogP contribution is 2.23. The molecule has 1 rings (SSSR count). The fourth-order valence-corrected chi connectivity index (χ4v) is 1.68. The number of benzene rings is 1. The van der Waals surface area contributed by atoms with E-state index in [1.54, 1.807) is 12.1 Å². The molecule has 6 heteroatoms. The van der Waals surface area contributed by atoms with Crippen molar-refractivity contribution >= 4 is 0 Å². The Hall–Kier alpha value is -1.14. The topological polar surface area (TPSA) is 21.3 Å². The van der Waals surface area contributed by atoms with Crippen molar-refractivity contribution in [2.45, 2.75) is 45.3 Å². The lowest BCUT2D eigenvalue weighted by atomic mass is 10.1. The Morgan fingerprint density at radius 3 is 2.19 bits per heavy atom. The highest BCUT2D eigenvalue weighted by Gasteiger charge is 2.40. The van der Waals surface area contributed by atoms with Crippen LogP contribution in [0.2, 0.25) is 0 Å². The maximum Gasteiger partial charge on any atom is 0.330 e. The van der Waals surface area contributed by atoms with Crippen molar-refractivity contribution in [3.8, 4) is 0 Å². The van der Waals surface area contributed by atoms with Gasteiger partial charge in [-0.15, -0.1) is 0 Å². The molecule has 0 fully saturated rings. The largest absolute Gasteiger partial charge is 0.370 e. The molecule has 0 heterocycles. The van der Waals surface area contributed by atoms with Crippen molar-refractivity contribution in [3.63, 3.8) is 0 Å². The first-order valence-electron chi connectivity index (χ1n) is 6.86. The molecule has 120 valence electrons. The van der Waals surface area contributed by atoms with Crippen molar-refractivity contribution in [1.29, 1.82) is 0 Å². The summed E-state index contributed by atoms with van der Waals surface area (Å²) in [5, 5.41) is 3.29. The SMILES string of the molecule is CC(C)NCCc1ccc(COCC(F)(F)C(F)F)cc1. The molecular formula is C15H21F4NO. The van der Waals surface area contributed by atoms with E-state index in [2.05, 4.69) is 23.9 Å². The number of hydrogen-bond acceptors (Lipinski definition) is 2. The van der Waals surface area contributed by atoms with E-state index in [0.717, 1.165) is 18.5 Å². The van der Waals surface area contributed by atoms with Gasteiger partial charge in [-0.1, -0.05) is 38.1 Å². The van der Waals surface area contributed by atoms with E-state index >= 15 is 0 Å². The van der Waals surface area contributed by atoms with Crippen LogP contribution in [-0.2, 0) is 17.8 Å². The number of nitrogens with one attached hydrogen (secondary N) is 1. The van der Waals surface area contributed by atoms with Crippen LogP contribution in [0.5, 0.6) is 0 Å². The third kappa shape index (κ3) is 6.91. The zero-order valence-corrected chi connectivity index (χ0v) is 12.2. The number of ether oxygens (including phenoxy) is 1. The van der Waals surface area contributed by atoms with Crippen molar-refractivity contribution in [1.82, 2.24) is 5.32 Å². The Morgan fingerprint density at radius 2 is 1.67 bits per heavy atom. The molecule has 0 aliphatic carbocycles. The van der Waals surface area contributed by atoms with Crippen molar-refractivity contribution in [2.75, 3.05) is 13.2 Å². The van der Waals surface area contributed by atoms with Crippen molar-refractivity contribution < 1.29 is 22.3 Å². The molecule has 1 aromatic rings. The summed E-state index contributed by atoms with van der Waals surface area (Å²) in [7, 11) is 0. The van der Waals surface area contributed by atoms with E-state index < -0.39 is 19.0 Å². The molecule has 1 N–H and O–H groups in total. The minimum absolute atomic E-state index is 0.104. The molecule has 0 amide bonds. The first-order chi connectivity index (χ1) is 9.81. The van der Waals surface area contributed by atoms with Crippen LogP contribution >= 0.6 is 0 Å². The second kappa shape index (κ2) is 8.34. The normalized spacial score (nSPS) is 12.4. The van der Waals surface area contributed by atoms with Crippen LogP contribution in [-0.4, -0.2) is 31.5 Å². The van der Waals surface area contributed by atoms with E-state index in [-0.39, 0.29) is 6.61 Å². The Balaban J connectivity index is 2.34. The van der Waals surface area contributed by atoms with Crippen LogP contribution in [0.1, 0.15) is 25.0 Å². The molecular weight excluding hydrogens is 286 g/mol. The van der Waals surface area contributed by atoms with Gasteiger partial charge in [-0.25, -0.2) is 8.78 Å². The van der Waals surface area contributed by atoms with Gasteiger partial charge < -0.3 is 10.1 Å². The van der Waals surface area contributed by atoms with Gasteiger partial charge in [0.25, 0.3) is 0 Å². The van der Waals surface area contributed by atoms with Gasteiger partial charge in [0.05, 0.1) is 6.61 Å². The minimum Gasteiger partial charge on any atom is -0.370 e. The highest BCUT2D eigenvalue weighted by molar-refractivity contribution is 5.22. The van der Waals surface area contributed by atoms with Crippen LogP contribution in [0.25, 0.3) is 0 Å². The summed E-state index contributed by atoms with van der Waals surface area (Å²) in [6, 6.07) is 7.70. The van der Waals surface area contributed by atoms with Gasteiger partial charge in [0.1, 0.15) is 6.61 Å². The van der Waals surface area contributed by atoms with Crippen molar-refractivity contribution in [2.24, 2.45) is 0 Å². The van der Waals surface area contributed by atoms with Gasteiger partial charge in [0, 0.05) is 6.04 Å². The molecule has 0 saturated carbocycles. The van der Waals surface area contributed by atoms with Crippen LogP contribution in [0.15, 0.2) is 24.3 Å². The Morgan fingerprint density at radius 1 is 1.10 bits per heavy atom. The van der Waals surface area contributed by atoms with E-state index in [4.69, 9.17) is 0 Å². The number of hydrogen-bond donors (Lipinski definition) is 1. The first-order valence-corrected chi connectivity index (χ1v) is 6.86. The lowest BCUT2D eigenvalue weighted by molar-refractivity contribution is -0.168. The van der Waals surface area contributed by atoms with Gasteiger partial charge in [0.2, 0.25) is 0 Å². The summed E-state index contributed by atoms with van der Waals surface area (Å²) in [5.74, 6) is -4.09. The Kier molecular flexibility index (Phi) is 7.11. The van der Waals surface area contributed by atoms with E-state index in [1.807, 2.05) is 12.1 Å². The zero-order valence-electron chi connectivity index (χ0n) is 12.2. The predicted molar refractivity (Wildman–Crippen MR) is 73.9 cm³/mol. The van der Waals surface area contributed by atoms with E-state index in [1.165, 1.54) is 0 Å². The van der Waals surface area contributed by atoms with Crippen LogP contribution in [0, 0.1) is 0 Å². The molecule has 21 heavy (non-hydrogen) atoms. The first kappa shape index (κ1) is 17.9. The van der Waals surface area contributed by atoms with E-state index in [0.29, 0.717) is 11.6 Å². The zero-order chi connectivity index (χ0) is 15.9. The summed E-state index contributed by atoms with van der Waals surface area (Å²) in [6.07, 6.45) is -2.84. The maximum absolute atomic E-state index is 12.6. The molecule has 0 radical (unpaired) electrons. The smallest absolute Gasteiger partial charge is 0.330 e. The second-order valence-corrected chi connectivity index (χ2v) is 5.23. The lowest BCUT2D eigenvalue weighted by Crippen LogP contribution is -2.32. The summed E-state index contributed by atoms with van der Waals surface area (Å²) >= 11 is 0. The molecule has 0 aliphatic heterocycles. The van der Waals surface area contributed by atoms with Gasteiger partial charge in [-0.05, 0) is 24.1 Å². The fraction of sp³-hybridized carbons (Fsp3) is 0.600.